The molecule has 0 aromatic carbocycles. The van der Waals surface area contributed by atoms with E-state index in [-0.39, 0.29) is 0 Å². The summed E-state index contributed by atoms with van der Waals surface area (Å²) >= 11 is 0. The summed E-state index contributed by atoms with van der Waals surface area (Å²) in [5.74, 6) is 1.79. The van der Waals surface area contributed by atoms with Crippen LogP contribution in [0.25, 0.3) is 0 Å². The molecule has 1 aliphatic rings. The van der Waals surface area contributed by atoms with E-state index in [4.69, 9.17) is 0 Å². The quantitative estimate of drug-likeness (QED) is 0.584. The Balaban J connectivity index is 1.87. The third kappa shape index (κ3) is 5.49. The lowest BCUT2D eigenvalue weighted by Crippen LogP contribution is -2.48. The second kappa shape index (κ2) is 9.50. The average molecular weight is 321 g/mol. The van der Waals surface area contributed by atoms with Crippen LogP contribution in [0, 0.1) is 0 Å². The maximum absolute atomic E-state index is 4.67. The van der Waals surface area contributed by atoms with Crippen LogP contribution in [-0.2, 0) is 13.1 Å². The molecule has 0 radical (unpaired) electrons. The van der Waals surface area contributed by atoms with Crippen molar-refractivity contribution >= 4 is 5.96 Å². The molecule has 0 bridgehead atoms. The minimum absolute atomic E-state index is 0.505. The first kappa shape index (κ1) is 17.7. The highest BCUT2D eigenvalue weighted by Gasteiger charge is 2.19. The van der Waals surface area contributed by atoms with E-state index in [2.05, 4.69) is 51.5 Å². The van der Waals surface area contributed by atoms with Gasteiger partial charge in [-0.25, -0.2) is 4.99 Å². The topological polar surface area (TPSA) is 70.4 Å². The van der Waals surface area contributed by atoms with Crippen molar-refractivity contribution in [2.24, 2.45) is 4.99 Å². The number of aromatic nitrogens is 3. The van der Waals surface area contributed by atoms with Gasteiger partial charge in [-0.05, 0) is 39.7 Å². The number of nitrogens with zero attached hydrogens (tertiary/aromatic N) is 5. The fourth-order valence-electron chi connectivity index (χ4n) is 2.95. The van der Waals surface area contributed by atoms with Gasteiger partial charge < -0.3 is 20.1 Å². The van der Waals surface area contributed by atoms with Gasteiger partial charge in [0.05, 0.1) is 0 Å². The van der Waals surface area contributed by atoms with Crippen LogP contribution in [0.4, 0.5) is 0 Å². The van der Waals surface area contributed by atoms with Crippen LogP contribution in [0.2, 0.25) is 0 Å². The number of hydrogen-bond donors (Lipinski definition) is 2. The highest BCUT2D eigenvalue weighted by molar-refractivity contribution is 5.80. The normalized spacial score (nSPS) is 17.4. The lowest BCUT2D eigenvalue weighted by atomic mass is 10.1. The molecule has 2 N–H and O–H groups in total. The highest BCUT2D eigenvalue weighted by atomic mass is 15.3. The lowest BCUT2D eigenvalue weighted by Gasteiger charge is -2.32. The molecule has 0 atom stereocenters. The minimum Gasteiger partial charge on any atom is -0.357 e. The molecule has 0 amide bonds. The Morgan fingerprint density at radius 2 is 2.09 bits per heavy atom. The summed E-state index contributed by atoms with van der Waals surface area (Å²) in [4.78, 5) is 7.22. The highest BCUT2D eigenvalue weighted by Crippen LogP contribution is 2.10. The zero-order valence-corrected chi connectivity index (χ0v) is 14.8. The molecule has 1 aliphatic heterocycles. The first-order chi connectivity index (χ1) is 11.3. The van der Waals surface area contributed by atoms with Gasteiger partial charge in [-0.1, -0.05) is 6.92 Å². The Labute approximate surface area is 139 Å². The second-order valence-corrected chi connectivity index (χ2v) is 5.99. The van der Waals surface area contributed by atoms with Crippen LogP contribution < -0.4 is 10.6 Å². The number of guanidine groups is 1. The third-order valence-electron chi connectivity index (χ3n) is 4.23. The summed E-state index contributed by atoms with van der Waals surface area (Å²) in [5.41, 5.74) is 0. The first-order valence-corrected chi connectivity index (χ1v) is 8.90. The molecule has 0 saturated carbocycles. The molecule has 1 saturated heterocycles. The van der Waals surface area contributed by atoms with Crippen molar-refractivity contribution < 1.29 is 0 Å². The minimum atomic E-state index is 0.505. The largest absolute Gasteiger partial charge is 0.357 e. The standard InChI is InChI=1S/C16H31N7/c1-4-9-22-10-7-14(8-11-22)20-16(17-5-2)18-12-15-21-19-13-23(15)6-3/h13-14H,4-12H2,1-3H3,(H2,17,18,20). The van der Waals surface area contributed by atoms with Crippen molar-refractivity contribution in [1.29, 1.82) is 0 Å². The Hall–Kier alpha value is -1.63. The molecule has 1 fully saturated rings. The molecule has 130 valence electrons. The number of hydrogen-bond acceptors (Lipinski definition) is 4. The molecule has 7 nitrogen and oxygen atoms in total. The molecule has 0 unspecified atom stereocenters. The maximum atomic E-state index is 4.67. The van der Waals surface area contributed by atoms with Crippen LogP contribution >= 0.6 is 0 Å². The summed E-state index contributed by atoms with van der Waals surface area (Å²) in [6, 6.07) is 0.505. The smallest absolute Gasteiger partial charge is 0.191 e. The van der Waals surface area contributed by atoms with E-state index in [9.17, 15) is 0 Å². The molecule has 1 aromatic rings. The first-order valence-electron chi connectivity index (χ1n) is 8.90. The second-order valence-electron chi connectivity index (χ2n) is 5.99. The van der Waals surface area contributed by atoms with Crippen LogP contribution in [0.3, 0.4) is 0 Å². The number of rotatable bonds is 7. The van der Waals surface area contributed by atoms with E-state index in [1.54, 1.807) is 6.33 Å². The molecular weight excluding hydrogens is 290 g/mol. The number of aryl methyl sites for hydroxylation is 1. The molecule has 0 aliphatic carbocycles. The van der Waals surface area contributed by atoms with E-state index in [0.29, 0.717) is 12.6 Å². The van der Waals surface area contributed by atoms with E-state index < -0.39 is 0 Å². The summed E-state index contributed by atoms with van der Waals surface area (Å²) in [6.07, 6.45) is 5.35. The zero-order chi connectivity index (χ0) is 16.5. The summed E-state index contributed by atoms with van der Waals surface area (Å²) < 4.78 is 2.02. The molecule has 1 aromatic heterocycles. The summed E-state index contributed by atoms with van der Waals surface area (Å²) in [6.45, 7) is 12.3. The summed E-state index contributed by atoms with van der Waals surface area (Å²) in [5, 5.41) is 15.0. The number of likely N-dealkylation sites (tertiary alicyclic amines) is 1. The van der Waals surface area contributed by atoms with Gasteiger partial charge in [0.15, 0.2) is 11.8 Å². The number of piperidine rings is 1. The van der Waals surface area contributed by atoms with Crippen LogP contribution in [0.15, 0.2) is 11.3 Å². The van der Waals surface area contributed by atoms with Crippen molar-refractivity contribution in [1.82, 2.24) is 30.3 Å². The molecule has 2 heterocycles. The fraction of sp³-hybridized carbons (Fsp3) is 0.812. The van der Waals surface area contributed by atoms with E-state index in [0.717, 1.165) is 24.9 Å². The molecule has 7 heteroatoms. The Morgan fingerprint density at radius 1 is 1.30 bits per heavy atom. The van der Waals surface area contributed by atoms with Crippen LogP contribution in [-0.4, -0.2) is 57.8 Å². The monoisotopic (exact) mass is 321 g/mol. The van der Waals surface area contributed by atoms with Gasteiger partial charge in [-0.3, -0.25) is 0 Å². The maximum Gasteiger partial charge on any atom is 0.191 e. The van der Waals surface area contributed by atoms with Gasteiger partial charge in [0.1, 0.15) is 12.9 Å². The van der Waals surface area contributed by atoms with Crippen molar-refractivity contribution in [3.05, 3.63) is 12.2 Å². The Morgan fingerprint density at radius 3 is 2.74 bits per heavy atom. The van der Waals surface area contributed by atoms with Crippen LogP contribution in [0.1, 0.15) is 45.9 Å². The van der Waals surface area contributed by atoms with Crippen molar-refractivity contribution in [2.75, 3.05) is 26.2 Å². The van der Waals surface area contributed by atoms with Crippen molar-refractivity contribution in [3.63, 3.8) is 0 Å². The van der Waals surface area contributed by atoms with Gasteiger partial charge in [-0.15, -0.1) is 10.2 Å². The third-order valence-corrected chi connectivity index (χ3v) is 4.23. The SMILES string of the molecule is CCCN1CCC(NC(=NCc2nncn2CC)NCC)CC1. The molecule has 23 heavy (non-hydrogen) atoms. The van der Waals surface area contributed by atoms with Gasteiger partial charge in [0.25, 0.3) is 0 Å². The predicted octanol–water partition coefficient (Wildman–Crippen LogP) is 1.23. The van der Waals surface area contributed by atoms with Gasteiger partial charge >= 0.3 is 0 Å². The van der Waals surface area contributed by atoms with E-state index in [1.165, 1.54) is 38.9 Å². The summed E-state index contributed by atoms with van der Waals surface area (Å²) in [7, 11) is 0. The van der Waals surface area contributed by atoms with E-state index >= 15 is 0 Å². The van der Waals surface area contributed by atoms with Gasteiger partial charge in [0, 0.05) is 32.2 Å². The van der Waals surface area contributed by atoms with Gasteiger partial charge in [0.2, 0.25) is 0 Å². The Kier molecular flexibility index (Phi) is 7.32. The Bertz CT molecular complexity index is 475. The predicted molar refractivity (Wildman–Crippen MR) is 93.4 cm³/mol. The number of nitrogens with one attached hydrogen (secondary N) is 2. The van der Waals surface area contributed by atoms with Crippen molar-refractivity contribution in [2.45, 2.75) is 59.2 Å². The van der Waals surface area contributed by atoms with E-state index in [1.807, 2.05) is 4.57 Å². The number of aliphatic imine (C=N–C) groups is 1. The fourth-order valence-corrected chi connectivity index (χ4v) is 2.95. The average Bonchev–Trinajstić information content (AvgIpc) is 3.02. The van der Waals surface area contributed by atoms with Crippen molar-refractivity contribution in [3.8, 4) is 0 Å². The molecular formula is C16H31N7. The van der Waals surface area contributed by atoms with Crippen LogP contribution in [0.5, 0.6) is 0 Å². The molecule has 2 rings (SSSR count). The molecule has 0 spiro atoms. The zero-order valence-electron chi connectivity index (χ0n) is 14.8. The lowest BCUT2D eigenvalue weighted by molar-refractivity contribution is 0.206. The van der Waals surface area contributed by atoms with Gasteiger partial charge in [-0.2, -0.15) is 0 Å².